The average molecular weight is 413 g/mol. The van der Waals surface area contributed by atoms with E-state index >= 15 is 0 Å². The zero-order valence-electron chi connectivity index (χ0n) is 17.0. The highest BCUT2D eigenvalue weighted by Crippen LogP contribution is 2.22. The molecule has 2 heterocycles. The minimum absolute atomic E-state index is 0.167. The van der Waals surface area contributed by atoms with E-state index in [9.17, 15) is 9.59 Å². The summed E-state index contributed by atoms with van der Waals surface area (Å²) in [6, 6.07) is 7.12. The van der Waals surface area contributed by atoms with Crippen LogP contribution in [-0.2, 0) is 6.54 Å². The Morgan fingerprint density at radius 3 is 2.66 bits per heavy atom. The number of carbonyl (C=O) groups is 1. The SMILES string of the molecule is CC(C)CNC(=O)c1ccc2c(=O)n(CC(C)C)c3nnc(SCC#N)n3c2c1. The second-order valence-electron chi connectivity index (χ2n) is 7.71. The molecule has 8 nitrogen and oxygen atoms in total. The van der Waals surface area contributed by atoms with Gasteiger partial charge in [0.2, 0.25) is 5.78 Å². The molecular weight excluding hydrogens is 388 g/mol. The highest BCUT2D eigenvalue weighted by molar-refractivity contribution is 7.99. The Morgan fingerprint density at radius 2 is 2.00 bits per heavy atom. The monoisotopic (exact) mass is 412 g/mol. The minimum Gasteiger partial charge on any atom is -0.352 e. The zero-order chi connectivity index (χ0) is 21.1. The first-order valence-corrected chi connectivity index (χ1v) is 10.5. The molecule has 0 unspecified atom stereocenters. The largest absolute Gasteiger partial charge is 0.352 e. The fourth-order valence-corrected chi connectivity index (χ4v) is 3.64. The summed E-state index contributed by atoms with van der Waals surface area (Å²) in [6.45, 7) is 9.16. The normalized spacial score (nSPS) is 11.5. The number of nitriles is 1. The number of nitrogens with zero attached hydrogens (tertiary/aromatic N) is 5. The maximum absolute atomic E-state index is 13.1. The van der Waals surface area contributed by atoms with Crippen molar-refractivity contribution in [3.05, 3.63) is 34.1 Å². The molecule has 1 amide bonds. The van der Waals surface area contributed by atoms with Crippen LogP contribution in [0.1, 0.15) is 38.1 Å². The number of fused-ring (bicyclic) bond motifs is 3. The van der Waals surface area contributed by atoms with Gasteiger partial charge >= 0.3 is 0 Å². The fourth-order valence-electron chi connectivity index (χ4n) is 3.04. The van der Waals surface area contributed by atoms with Gasteiger partial charge in [0, 0.05) is 18.7 Å². The summed E-state index contributed by atoms with van der Waals surface area (Å²) in [7, 11) is 0. The van der Waals surface area contributed by atoms with Crippen LogP contribution in [0.5, 0.6) is 0 Å². The van der Waals surface area contributed by atoms with Gasteiger partial charge in [0.05, 0.1) is 22.7 Å². The van der Waals surface area contributed by atoms with E-state index in [4.69, 9.17) is 5.26 Å². The van der Waals surface area contributed by atoms with Gasteiger partial charge in [-0.1, -0.05) is 39.5 Å². The van der Waals surface area contributed by atoms with Crippen LogP contribution >= 0.6 is 11.8 Å². The van der Waals surface area contributed by atoms with E-state index in [1.807, 2.05) is 27.7 Å². The molecule has 0 saturated heterocycles. The first-order valence-electron chi connectivity index (χ1n) is 9.53. The van der Waals surface area contributed by atoms with E-state index < -0.39 is 0 Å². The smallest absolute Gasteiger partial charge is 0.262 e. The third-order valence-electron chi connectivity index (χ3n) is 4.32. The summed E-state index contributed by atoms with van der Waals surface area (Å²) in [6.07, 6.45) is 0. The van der Waals surface area contributed by atoms with Gasteiger partial charge in [0.1, 0.15) is 0 Å². The number of amides is 1. The van der Waals surface area contributed by atoms with Gasteiger partial charge in [-0.25, -0.2) is 0 Å². The lowest BCUT2D eigenvalue weighted by molar-refractivity contribution is 0.0949. The summed E-state index contributed by atoms with van der Waals surface area (Å²) in [5.41, 5.74) is 0.859. The molecule has 3 aromatic rings. The Bertz CT molecular complexity index is 1160. The maximum Gasteiger partial charge on any atom is 0.262 e. The minimum atomic E-state index is -0.195. The highest BCUT2D eigenvalue weighted by atomic mass is 32.2. The summed E-state index contributed by atoms with van der Waals surface area (Å²) >= 11 is 1.25. The predicted molar refractivity (Wildman–Crippen MR) is 113 cm³/mol. The van der Waals surface area contributed by atoms with Gasteiger partial charge in [0.25, 0.3) is 11.5 Å². The van der Waals surface area contributed by atoms with Crippen molar-refractivity contribution >= 4 is 34.3 Å². The van der Waals surface area contributed by atoms with E-state index in [2.05, 4.69) is 21.6 Å². The van der Waals surface area contributed by atoms with E-state index in [0.717, 1.165) is 0 Å². The molecule has 0 aliphatic heterocycles. The van der Waals surface area contributed by atoms with Crippen molar-refractivity contribution in [3.63, 3.8) is 0 Å². The molecule has 0 spiro atoms. The topological polar surface area (TPSA) is 105 Å². The Kier molecular flexibility index (Phi) is 6.23. The third kappa shape index (κ3) is 4.27. The van der Waals surface area contributed by atoms with Crippen LogP contribution < -0.4 is 10.9 Å². The summed E-state index contributed by atoms with van der Waals surface area (Å²) in [5.74, 6) is 0.999. The average Bonchev–Trinajstić information content (AvgIpc) is 3.11. The summed E-state index contributed by atoms with van der Waals surface area (Å²) in [4.78, 5) is 25.7. The third-order valence-corrected chi connectivity index (χ3v) is 5.11. The molecule has 152 valence electrons. The van der Waals surface area contributed by atoms with Crippen molar-refractivity contribution in [1.82, 2.24) is 24.5 Å². The van der Waals surface area contributed by atoms with Gasteiger partial charge < -0.3 is 5.32 Å². The van der Waals surface area contributed by atoms with Crippen LogP contribution in [0.3, 0.4) is 0 Å². The van der Waals surface area contributed by atoms with Crippen LogP contribution in [0.2, 0.25) is 0 Å². The number of rotatable bonds is 7. The molecule has 0 bridgehead atoms. The molecule has 29 heavy (non-hydrogen) atoms. The van der Waals surface area contributed by atoms with Crippen molar-refractivity contribution in [2.45, 2.75) is 39.4 Å². The maximum atomic E-state index is 13.1. The molecule has 0 aliphatic carbocycles. The van der Waals surface area contributed by atoms with Gasteiger partial charge in [-0.3, -0.25) is 18.6 Å². The first-order chi connectivity index (χ1) is 13.8. The number of nitrogens with one attached hydrogen (secondary N) is 1. The number of thioether (sulfide) groups is 1. The Hall–Kier alpha value is -2.86. The van der Waals surface area contributed by atoms with Crippen LogP contribution in [0.4, 0.5) is 0 Å². The van der Waals surface area contributed by atoms with Crippen molar-refractivity contribution in [2.24, 2.45) is 11.8 Å². The summed E-state index contributed by atoms with van der Waals surface area (Å²) < 4.78 is 3.37. The first kappa shape index (κ1) is 20.9. The lowest BCUT2D eigenvalue weighted by Crippen LogP contribution is -2.28. The van der Waals surface area contributed by atoms with Crippen molar-refractivity contribution < 1.29 is 4.79 Å². The molecule has 1 N–H and O–H groups in total. The van der Waals surface area contributed by atoms with Crippen molar-refractivity contribution in [1.29, 1.82) is 5.26 Å². The number of aromatic nitrogens is 4. The molecule has 0 saturated carbocycles. The fraction of sp³-hybridized carbons (Fsp3) is 0.450. The Morgan fingerprint density at radius 1 is 1.24 bits per heavy atom. The molecule has 0 aliphatic rings. The second-order valence-corrected chi connectivity index (χ2v) is 8.65. The Labute approximate surface area is 172 Å². The zero-order valence-corrected chi connectivity index (χ0v) is 17.8. The van der Waals surface area contributed by atoms with Gasteiger partial charge in [-0.15, -0.1) is 10.2 Å². The lowest BCUT2D eigenvalue weighted by Gasteiger charge is -2.14. The van der Waals surface area contributed by atoms with E-state index in [0.29, 0.717) is 46.4 Å². The van der Waals surface area contributed by atoms with Crippen LogP contribution in [-0.4, -0.2) is 37.4 Å². The standard InChI is InChI=1S/C20H24N6O2S/c1-12(2)10-22-17(27)14-5-6-15-16(9-14)26-19(23-24-20(26)29-8-7-21)25(18(15)28)11-13(3)4/h5-6,9,12-13H,8,10-11H2,1-4H3,(H,22,27). The summed E-state index contributed by atoms with van der Waals surface area (Å²) in [5, 5.41) is 21.3. The Balaban J connectivity index is 2.24. The molecule has 0 fully saturated rings. The van der Waals surface area contributed by atoms with Crippen LogP contribution in [0, 0.1) is 23.2 Å². The van der Waals surface area contributed by atoms with Crippen molar-refractivity contribution in [3.8, 4) is 6.07 Å². The molecule has 0 radical (unpaired) electrons. The molecule has 0 atom stereocenters. The van der Waals surface area contributed by atoms with Gasteiger partial charge in [0.15, 0.2) is 5.16 Å². The lowest BCUT2D eigenvalue weighted by atomic mass is 10.1. The molecule has 9 heteroatoms. The van der Waals surface area contributed by atoms with Gasteiger partial charge in [-0.2, -0.15) is 5.26 Å². The van der Waals surface area contributed by atoms with Crippen molar-refractivity contribution in [2.75, 3.05) is 12.3 Å². The van der Waals surface area contributed by atoms with Crippen LogP contribution in [0.25, 0.3) is 16.7 Å². The second kappa shape index (κ2) is 8.66. The predicted octanol–water partition coefficient (Wildman–Crippen LogP) is 2.70. The van der Waals surface area contributed by atoms with E-state index in [-0.39, 0.29) is 23.1 Å². The molecular formula is C20H24N6O2S. The molecule has 1 aromatic carbocycles. The van der Waals surface area contributed by atoms with Gasteiger partial charge in [-0.05, 0) is 30.0 Å². The number of hydrogen-bond donors (Lipinski definition) is 1. The number of benzene rings is 1. The van der Waals surface area contributed by atoms with E-state index in [1.54, 1.807) is 27.2 Å². The molecule has 2 aromatic heterocycles. The highest BCUT2D eigenvalue weighted by Gasteiger charge is 2.19. The van der Waals surface area contributed by atoms with E-state index in [1.165, 1.54) is 11.8 Å². The molecule has 3 rings (SSSR count). The number of carbonyl (C=O) groups excluding carboxylic acids is 1. The quantitative estimate of drug-likeness (QED) is 0.598. The van der Waals surface area contributed by atoms with Crippen LogP contribution in [0.15, 0.2) is 28.2 Å². The number of hydrogen-bond acceptors (Lipinski definition) is 6.